The molecule has 0 aliphatic carbocycles. The van der Waals surface area contributed by atoms with Crippen molar-refractivity contribution in [3.63, 3.8) is 0 Å². The Hall–Kier alpha value is -1.16. The Morgan fingerprint density at radius 3 is 2.64 bits per heavy atom. The highest BCUT2D eigenvalue weighted by atomic mass is 16.4. The van der Waals surface area contributed by atoms with E-state index >= 15 is 0 Å². The minimum Gasteiger partial charge on any atom is -0.480 e. The highest BCUT2D eigenvalue weighted by Gasteiger charge is 2.65. The number of likely N-dealkylation sites (tertiary alicyclic amines) is 1. The molecule has 0 saturated carbocycles. The van der Waals surface area contributed by atoms with Crippen LogP contribution in [0.1, 0.15) is 26.2 Å². The first kappa shape index (κ1) is 17.2. The first-order valence-corrected chi connectivity index (χ1v) is 7.63. The summed E-state index contributed by atoms with van der Waals surface area (Å²) < 4.78 is 0. The molecule has 2 aliphatic heterocycles. The maximum Gasteiger partial charge on any atom is 0.451 e. The van der Waals surface area contributed by atoms with E-state index in [2.05, 4.69) is 5.32 Å². The number of amides is 1. The summed E-state index contributed by atoms with van der Waals surface area (Å²) in [5.41, 5.74) is 3.89. The van der Waals surface area contributed by atoms with E-state index < -0.39 is 30.1 Å². The van der Waals surface area contributed by atoms with Crippen molar-refractivity contribution in [2.24, 2.45) is 11.1 Å². The fourth-order valence-corrected chi connectivity index (χ4v) is 3.92. The third kappa shape index (κ3) is 2.73. The van der Waals surface area contributed by atoms with Crippen LogP contribution in [0, 0.1) is 5.41 Å². The molecule has 0 aromatic heterocycles. The minimum atomic E-state index is -1.40. The van der Waals surface area contributed by atoms with Crippen molar-refractivity contribution in [2.45, 2.75) is 44.1 Å². The van der Waals surface area contributed by atoms with Gasteiger partial charge in [-0.3, -0.25) is 14.9 Å². The van der Waals surface area contributed by atoms with Crippen molar-refractivity contribution < 1.29 is 24.7 Å². The van der Waals surface area contributed by atoms with Crippen molar-refractivity contribution in [3.8, 4) is 0 Å². The molecular weight excluding hydrogens is 289 g/mol. The van der Waals surface area contributed by atoms with Crippen LogP contribution in [-0.4, -0.2) is 70.3 Å². The number of nitrogens with two attached hydrogens (primary N) is 1. The number of carboxylic acids is 1. The van der Waals surface area contributed by atoms with Crippen LogP contribution >= 0.6 is 0 Å². The Morgan fingerprint density at radius 1 is 1.41 bits per heavy atom. The number of nitrogens with one attached hydrogen (secondary N) is 1. The quantitative estimate of drug-likeness (QED) is 0.366. The van der Waals surface area contributed by atoms with E-state index in [1.165, 1.54) is 4.90 Å². The molecule has 2 heterocycles. The Labute approximate surface area is 129 Å². The summed E-state index contributed by atoms with van der Waals surface area (Å²) in [6.07, 6.45) is 1.85. The molecule has 6 N–H and O–H groups in total. The standard InChI is InChI=1S/C13H24BN3O5/c1-9(15)10(18)17-7-12(3-2-5-14(21)22)4-6-16-13(12,8-17)11(19)20/h9,16,21-22H,2-8,15H2,1H3,(H,19,20)/t9-,12+,13+/m0/s1. The molecule has 1 amide bonds. The highest BCUT2D eigenvalue weighted by molar-refractivity contribution is 6.40. The van der Waals surface area contributed by atoms with E-state index in [1.807, 2.05) is 0 Å². The molecule has 0 aromatic rings. The Kier molecular flexibility index (Phi) is 4.81. The summed E-state index contributed by atoms with van der Waals surface area (Å²) in [5.74, 6) is -1.21. The monoisotopic (exact) mass is 313 g/mol. The number of carboxylic acid groups (broad SMARTS) is 1. The molecular formula is C13H24BN3O5. The lowest BCUT2D eigenvalue weighted by Gasteiger charge is -2.35. The summed E-state index contributed by atoms with van der Waals surface area (Å²) in [4.78, 5) is 25.6. The topological polar surface area (TPSA) is 136 Å². The average Bonchev–Trinajstić information content (AvgIpc) is 2.90. The van der Waals surface area contributed by atoms with Crippen LogP contribution in [0.15, 0.2) is 0 Å². The highest BCUT2D eigenvalue weighted by Crippen LogP contribution is 2.49. The van der Waals surface area contributed by atoms with Gasteiger partial charge in [-0.05, 0) is 32.6 Å². The zero-order valence-corrected chi connectivity index (χ0v) is 12.8. The van der Waals surface area contributed by atoms with E-state index in [4.69, 9.17) is 15.8 Å². The second kappa shape index (κ2) is 6.15. The van der Waals surface area contributed by atoms with Gasteiger partial charge in [0.1, 0.15) is 5.54 Å². The molecule has 0 unspecified atom stereocenters. The van der Waals surface area contributed by atoms with Crippen molar-refractivity contribution in [1.29, 1.82) is 0 Å². The fourth-order valence-electron chi connectivity index (χ4n) is 3.92. The first-order valence-electron chi connectivity index (χ1n) is 7.63. The van der Waals surface area contributed by atoms with Gasteiger partial charge in [-0.2, -0.15) is 0 Å². The second-order valence-electron chi connectivity index (χ2n) is 6.52. The third-order valence-corrected chi connectivity index (χ3v) is 5.04. The summed E-state index contributed by atoms with van der Waals surface area (Å²) in [5, 5.41) is 30.8. The van der Waals surface area contributed by atoms with Crippen LogP contribution < -0.4 is 11.1 Å². The van der Waals surface area contributed by atoms with Crippen LogP contribution in [0.5, 0.6) is 0 Å². The zero-order chi connectivity index (χ0) is 16.5. The molecule has 0 aromatic carbocycles. The van der Waals surface area contributed by atoms with Gasteiger partial charge in [-0.1, -0.05) is 6.42 Å². The van der Waals surface area contributed by atoms with Gasteiger partial charge in [0.15, 0.2) is 0 Å². The number of hydrogen-bond acceptors (Lipinski definition) is 6. The molecule has 0 bridgehead atoms. The summed E-state index contributed by atoms with van der Waals surface area (Å²) in [6, 6.07) is -0.666. The lowest BCUT2D eigenvalue weighted by Crippen LogP contribution is -2.58. The van der Waals surface area contributed by atoms with Gasteiger partial charge >= 0.3 is 13.1 Å². The van der Waals surface area contributed by atoms with Crippen molar-refractivity contribution >= 4 is 19.0 Å². The van der Waals surface area contributed by atoms with Crippen molar-refractivity contribution in [2.75, 3.05) is 19.6 Å². The summed E-state index contributed by atoms with van der Waals surface area (Å²) in [7, 11) is -1.40. The summed E-state index contributed by atoms with van der Waals surface area (Å²) in [6.45, 7) is 2.61. The molecule has 2 saturated heterocycles. The zero-order valence-electron chi connectivity index (χ0n) is 12.8. The maximum absolute atomic E-state index is 12.2. The number of carbonyl (C=O) groups is 2. The van der Waals surface area contributed by atoms with Crippen molar-refractivity contribution in [1.82, 2.24) is 10.2 Å². The fraction of sp³-hybridized carbons (Fsp3) is 0.846. The van der Waals surface area contributed by atoms with Gasteiger partial charge in [0.05, 0.1) is 12.6 Å². The molecule has 22 heavy (non-hydrogen) atoms. The van der Waals surface area contributed by atoms with Gasteiger partial charge in [-0.25, -0.2) is 0 Å². The van der Waals surface area contributed by atoms with E-state index in [9.17, 15) is 14.7 Å². The van der Waals surface area contributed by atoms with Gasteiger partial charge < -0.3 is 25.8 Å². The lowest BCUT2D eigenvalue weighted by molar-refractivity contribution is -0.147. The SMILES string of the molecule is C[C@H](N)C(=O)N1C[C@@]2(CCCB(O)O)CCN[C@@]2(C(=O)O)C1. The van der Waals surface area contributed by atoms with Gasteiger partial charge in [-0.15, -0.1) is 0 Å². The largest absolute Gasteiger partial charge is 0.480 e. The molecule has 0 spiro atoms. The molecule has 0 radical (unpaired) electrons. The molecule has 2 fully saturated rings. The molecule has 2 rings (SSSR count). The number of rotatable bonds is 6. The average molecular weight is 313 g/mol. The predicted octanol–water partition coefficient (Wildman–Crippen LogP) is -1.77. The van der Waals surface area contributed by atoms with Crippen molar-refractivity contribution in [3.05, 3.63) is 0 Å². The minimum absolute atomic E-state index is 0.102. The van der Waals surface area contributed by atoms with Crippen LogP contribution in [0.2, 0.25) is 6.32 Å². The number of nitrogens with zero attached hydrogens (tertiary/aromatic N) is 1. The smallest absolute Gasteiger partial charge is 0.451 e. The van der Waals surface area contributed by atoms with Crippen LogP contribution in [0.4, 0.5) is 0 Å². The van der Waals surface area contributed by atoms with E-state index in [0.717, 1.165) is 0 Å². The number of hydrogen-bond donors (Lipinski definition) is 5. The number of aliphatic carboxylic acids is 1. The Balaban J connectivity index is 2.22. The normalized spacial score (nSPS) is 31.9. The van der Waals surface area contributed by atoms with Gasteiger partial charge in [0.25, 0.3) is 0 Å². The van der Waals surface area contributed by atoms with E-state index in [1.54, 1.807) is 6.92 Å². The van der Waals surface area contributed by atoms with E-state index in [-0.39, 0.29) is 18.8 Å². The number of fused-ring (bicyclic) bond motifs is 1. The first-order chi connectivity index (χ1) is 10.2. The van der Waals surface area contributed by atoms with Crippen LogP contribution in [-0.2, 0) is 9.59 Å². The lowest BCUT2D eigenvalue weighted by atomic mass is 9.68. The van der Waals surface area contributed by atoms with Crippen LogP contribution in [0.25, 0.3) is 0 Å². The van der Waals surface area contributed by atoms with E-state index in [0.29, 0.717) is 32.4 Å². The molecule has 9 heteroatoms. The van der Waals surface area contributed by atoms with Gasteiger partial charge in [0.2, 0.25) is 5.91 Å². The number of carbonyl (C=O) groups excluding carboxylic acids is 1. The predicted molar refractivity (Wildman–Crippen MR) is 79.9 cm³/mol. The molecule has 124 valence electrons. The molecule has 2 aliphatic rings. The van der Waals surface area contributed by atoms with Crippen LogP contribution in [0.3, 0.4) is 0 Å². The maximum atomic E-state index is 12.2. The van der Waals surface area contributed by atoms with Gasteiger partial charge in [0, 0.05) is 12.0 Å². The molecule has 3 atom stereocenters. The summed E-state index contributed by atoms with van der Waals surface area (Å²) >= 11 is 0. The second-order valence-corrected chi connectivity index (χ2v) is 6.52. The Morgan fingerprint density at radius 2 is 2.09 bits per heavy atom. The third-order valence-electron chi connectivity index (χ3n) is 5.04. The Bertz CT molecular complexity index is 461. The molecule has 8 nitrogen and oxygen atoms in total.